The molecule has 9 heteroatoms. The van der Waals surface area contributed by atoms with E-state index in [1.54, 1.807) is 18.2 Å². The van der Waals surface area contributed by atoms with Crippen molar-refractivity contribution in [2.45, 2.75) is 18.6 Å². The summed E-state index contributed by atoms with van der Waals surface area (Å²) in [7, 11) is 0. The second-order valence-corrected chi connectivity index (χ2v) is 4.32. The van der Waals surface area contributed by atoms with E-state index in [1.165, 1.54) is 17.4 Å². The third-order valence-electron chi connectivity index (χ3n) is 2.49. The zero-order valence-corrected chi connectivity index (χ0v) is 11.2. The maximum Gasteiger partial charge on any atom is 0.405 e. The molecular formula is C13H13F3N2O4. The molecule has 0 fully saturated rings. The van der Waals surface area contributed by atoms with Crippen molar-refractivity contribution in [1.82, 2.24) is 10.6 Å². The van der Waals surface area contributed by atoms with Crippen molar-refractivity contribution in [1.29, 1.82) is 0 Å². The van der Waals surface area contributed by atoms with E-state index in [4.69, 9.17) is 5.11 Å². The third kappa shape index (κ3) is 6.25. The first kappa shape index (κ1) is 17.5. The molecule has 1 rings (SSSR count). The minimum absolute atomic E-state index is 0.277. The highest BCUT2D eigenvalue weighted by Crippen LogP contribution is 2.13. The highest BCUT2D eigenvalue weighted by Gasteiger charge is 2.28. The molecule has 1 aromatic rings. The van der Waals surface area contributed by atoms with Crippen LogP contribution in [0.3, 0.4) is 0 Å². The standard InChI is InChI=1S/C13H13F3N2O4/c14-13(15,16)7-17-9(19)6-10(20)18-11(12(21)22)8-4-2-1-3-5-8/h1-5,11H,6-7H2,(H,17,19)(H,18,20)(H,21,22). The molecule has 0 aliphatic rings. The van der Waals surface area contributed by atoms with E-state index < -0.39 is 43.0 Å². The van der Waals surface area contributed by atoms with Gasteiger partial charge in [0.25, 0.3) is 0 Å². The van der Waals surface area contributed by atoms with Crippen LogP contribution >= 0.6 is 0 Å². The molecule has 0 saturated heterocycles. The molecule has 0 bridgehead atoms. The highest BCUT2D eigenvalue weighted by molar-refractivity contribution is 5.98. The van der Waals surface area contributed by atoms with Crippen LogP contribution in [-0.4, -0.2) is 35.6 Å². The van der Waals surface area contributed by atoms with Crippen LogP contribution in [0.4, 0.5) is 13.2 Å². The van der Waals surface area contributed by atoms with Gasteiger partial charge in [0.1, 0.15) is 13.0 Å². The first-order chi connectivity index (χ1) is 10.2. The Hall–Kier alpha value is -2.58. The van der Waals surface area contributed by atoms with Gasteiger partial charge < -0.3 is 15.7 Å². The lowest BCUT2D eigenvalue weighted by molar-refractivity contribution is -0.144. The Kier molecular flexibility index (Phi) is 5.90. The number of hydrogen-bond acceptors (Lipinski definition) is 3. The molecule has 0 aromatic heterocycles. The largest absolute Gasteiger partial charge is 0.479 e. The maximum absolute atomic E-state index is 11.9. The van der Waals surface area contributed by atoms with Crippen molar-refractivity contribution in [3.05, 3.63) is 35.9 Å². The minimum Gasteiger partial charge on any atom is -0.479 e. The second-order valence-electron chi connectivity index (χ2n) is 4.32. The molecule has 0 radical (unpaired) electrons. The number of halogens is 3. The SMILES string of the molecule is O=C(CC(=O)NC(C(=O)O)c1ccccc1)NCC(F)(F)F. The highest BCUT2D eigenvalue weighted by atomic mass is 19.4. The number of nitrogens with one attached hydrogen (secondary N) is 2. The monoisotopic (exact) mass is 318 g/mol. The summed E-state index contributed by atoms with van der Waals surface area (Å²) in [6, 6.07) is 6.31. The Labute approximate surface area is 123 Å². The Morgan fingerprint density at radius 2 is 1.68 bits per heavy atom. The number of benzene rings is 1. The van der Waals surface area contributed by atoms with Crippen LogP contribution in [0.5, 0.6) is 0 Å². The fourth-order valence-corrected chi connectivity index (χ4v) is 1.55. The Morgan fingerprint density at radius 3 is 2.18 bits per heavy atom. The molecule has 3 N–H and O–H groups in total. The van der Waals surface area contributed by atoms with Crippen LogP contribution in [-0.2, 0) is 14.4 Å². The zero-order chi connectivity index (χ0) is 16.8. The number of hydrogen-bond donors (Lipinski definition) is 3. The van der Waals surface area contributed by atoms with Crippen molar-refractivity contribution in [2.24, 2.45) is 0 Å². The van der Waals surface area contributed by atoms with Crippen LogP contribution in [0.25, 0.3) is 0 Å². The number of alkyl halides is 3. The van der Waals surface area contributed by atoms with E-state index in [-0.39, 0.29) is 5.56 Å². The molecule has 0 aliphatic carbocycles. The summed E-state index contributed by atoms with van der Waals surface area (Å²) in [5.41, 5.74) is 0.277. The molecule has 2 amide bonds. The van der Waals surface area contributed by atoms with Crippen molar-refractivity contribution in [2.75, 3.05) is 6.54 Å². The average Bonchev–Trinajstić information content (AvgIpc) is 2.42. The summed E-state index contributed by atoms with van der Waals surface area (Å²) in [6.07, 6.45) is -5.48. The van der Waals surface area contributed by atoms with Gasteiger partial charge in [-0.3, -0.25) is 9.59 Å². The number of carboxylic acid groups (broad SMARTS) is 1. The summed E-state index contributed by atoms with van der Waals surface area (Å²) in [5.74, 6) is -3.49. The molecular weight excluding hydrogens is 305 g/mol. The number of amides is 2. The van der Waals surface area contributed by atoms with E-state index in [0.717, 1.165) is 0 Å². The molecule has 6 nitrogen and oxygen atoms in total. The fourth-order valence-electron chi connectivity index (χ4n) is 1.55. The van der Waals surface area contributed by atoms with Gasteiger partial charge in [-0.05, 0) is 5.56 Å². The zero-order valence-electron chi connectivity index (χ0n) is 11.2. The van der Waals surface area contributed by atoms with E-state index in [2.05, 4.69) is 5.32 Å². The fraction of sp³-hybridized carbons (Fsp3) is 0.308. The van der Waals surface area contributed by atoms with Crippen LogP contribution in [0.1, 0.15) is 18.0 Å². The van der Waals surface area contributed by atoms with Gasteiger partial charge in [-0.1, -0.05) is 30.3 Å². The quantitative estimate of drug-likeness (QED) is 0.682. The molecule has 0 saturated carbocycles. The number of aliphatic carboxylic acids is 1. The summed E-state index contributed by atoms with van der Waals surface area (Å²) in [4.78, 5) is 33.8. The summed E-state index contributed by atoms with van der Waals surface area (Å²) in [5, 5.41) is 12.7. The van der Waals surface area contributed by atoms with Gasteiger partial charge in [0, 0.05) is 0 Å². The van der Waals surface area contributed by atoms with E-state index in [1.807, 2.05) is 0 Å². The number of rotatable bonds is 6. The average molecular weight is 318 g/mol. The minimum atomic E-state index is -4.58. The smallest absolute Gasteiger partial charge is 0.405 e. The molecule has 1 atom stereocenters. The summed E-state index contributed by atoms with van der Waals surface area (Å²) < 4.78 is 35.7. The third-order valence-corrected chi connectivity index (χ3v) is 2.49. The lowest BCUT2D eigenvalue weighted by Crippen LogP contribution is -2.39. The Morgan fingerprint density at radius 1 is 1.09 bits per heavy atom. The van der Waals surface area contributed by atoms with Crippen molar-refractivity contribution in [3.63, 3.8) is 0 Å². The van der Waals surface area contributed by atoms with E-state index in [9.17, 15) is 27.6 Å². The van der Waals surface area contributed by atoms with Crippen LogP contribution in [0, 0.1) is 0 Å². The molecule has 0 heterocycles. The van der Waals surface area contributed by atoms with E-state index >= 15 is 0 Å². The van der Waals surface area contributed by atoms with Gasteiger partial charge in [-0.2, -0.15) is 13.2 Å². The van der Waals surface area contributed by atoms with Crippen molar-refractivity contribution in [3.8, 4) is 0 Å². The molecule has 1 aromatic carbocycles. The first-order valence-electron chi connectivity index (χ1n) is 6.09. The molecule has 1 unspecified atom stereocenters. The van der Waals surface area contributed by atoms with E-state index in [0.29, 0.717) is 0 Å². The van der Waals surface area contributed by atoms with Crippen LogP contribution in [0.2, 0.25) is 0 Å². The van der Waals surface area contributed by atoms with Gasteiger partial charge in [0.15, 0.2) is 6.04 Å². The predicted molar refractivity (Wildman–Crippen MR) is 68.6 cm³/mol. The van der Waals surface area contributed by atoms with Crippen LogP contribution in [0.15, 0.2) is 30.3 Å². The normalized spacial score (nSPS) is 12.3. The topological polar surface area (TPSA) is 95.5 Å². The van der Waals surface area contributed by atoms with Gasteiger partial charge in [0.2, 0.25) is 11.8 Å². The molecule has 120 valence electrons. The van der Waals surface area contributed by atoms with Crippen molar-refractivity contribution >= 4 is 17.8 Å². The van der Waals surface area contributed by atoms with Gasteiger partial charge >= 0.3 is 12.1 Å². The summed E-state index contributed by atoms with van der Waals surface area (Å²) >= 11 is 0. The van der Waals surface area contributed by atoms with Gasteiger partial charge in [-0.25, -0.2) is 4.79 Å². The Bertz CT molecular complexity index is 546. The first-order valence-corrected chi connectivity index (χ1v) is 6.09. The lowest BCUT2D eigenvalue weighted by Gasteiger charge is -2.15. The lowest BCUT2D eigenvalue weighted by atomic mass is 10.1. The molecule has 0 aliphatic heterocycles. The molecule has 0 spiro atoms. The second kappa shape index (κ2) is 7.43. The van der Waals surface area contributed by atoms with Gasteiger partial charge in [-0.15, -0.1) is 0 Å². The number of carboxylic acids is 1. The van der Waals surface area contributed by atoms with Crippen LogP contribution < -0.4 is 10.6 Å². The molecule has 22 heavy (non-hydrogen) atoms. The maximum atomic E-state index is 11.9. The summed E-state index contributed by atoms with van der Waals surface area (Å²) in [6.45, 7) is -1.56. The van der Waals surface area contributed by atoms with Gasteiger partial charge in [0.05, 0.1) is 0 Å². The Balaban J connectivity index is 2.58. The number of carbonyl (C=O) groups is 3. The number of carbonyl (C=O) groups excluding carboxylic acids is 2. The van der Waals surface area contributed by atoms with Crippen molar-refractivity contribution < 1.29 is 32.7 Å². The predicted octanol–water partition coefficient (Wildman–Crippen LogP) is 0.997.